The quantitative estimate of drug-likeness (QED) is 0.834. The van der Waals surface area contributed by atoms with Crippen molar-refractivity contribution in [1.82, 2.24) is 9.55 Å². The second kappa shape index (κ2) is 6.94. The molecule has 3 rings (SSSR count). The maximum atomic E-state index is 12.6. The van der Waals surface area contributed by atoms with E-state index in [4.69, 9.17) is 9.47 Å². The number of ether oxygens (including phenoxy) is 2. The molecule has 2 aromatic rings. The highest BCUT2D eigenvalue weighted by Gasteiger charge is 2.32. The van der Waals surface area contributed by atoms with Gasteiger partial charge in [0.25, 0.3) is 0 Å². The zero-order valence-corrected chi connectivity index (χ0v) is 13.3. The average molecular weight is 340 g/mol. The molecule has 0 unspecified atom stereocenters. The molecule has 0 aliphatic carbocycles. The summed E-state index contributed by atoms with van der Waals surface area (Å²) in [7, 11) is 0. The highest BCUT2D eigenvalue weighted by molar-refractivity contribution is 5.57. The van der Waals surface area contributed by atoms with Gasteiger partial charge in [0.1, 0.15) is 11.9 Å². The third kappa shape index (κ3) is 3.79. The van der Waals surface area contributed by atoms with Crippen LogP contribution >= 0.6 is 0 Å². The highest BCUT2D eigenvalue weighted by atomic mass is 19.4. The Balaban J connectivity index is 1.89. The predicted octanol–water partition coefficient (Wildman–Crippen LogP) is 3.63. The molecule has 0 amide bonds. The minimum atomic E-state index is -4.23. The molecule has 1 saturated heterocycles. The van der Waals surface area contributed by atoms with Gasteiger partial charge in [-0.05, 0) is 18.6 Å². The van der Waals surface area contributed by atoms with E-state index in [1.165, 1.54) is 12.1 Å². The molecule has 24 heavy (non-hydrogen) atoms. The number of aromatic nitrogens is 2. The lowest BCUT2D eigenvalue weighted by Crippen LogP contribution is -2.25. The van der Waals surface area contributed by atoms with E-state index >= 15 is 0 Å². The van der Waals surface area contributed by atoms with Gasteiger partial charge in [-0.15, -0.1) is 0 Å². The predicted molar refractivity (Wildman–Crippen MR) is 82.7 cm³/mol. The zero-order chi connectivity index (χ0) is 17.2. The first-order chi connectivity index (χ1) is 11.5. The molecule has 1 aliphatic heterocycles. The summed E-state index contributed by atoms with van der Waals surface area (Å²) in [6, 6.07) is 6.38. The van der Waals surface area contributed by atoms with Crippen LogP contribution in [-0.4, -0.2) is 41.7 Å². The zero-order valence-electron chi connectivity index (χ0n) is 13.3. The second-order valence-corrected chi connectivity index (χ2v) is 5.75. The van der Waals surface area contributed by atoms with E-state index in [-0.39, 0.29) is 17.7 Å². The van der Waals surface area contributed by atoms with Crippen LogP contribution in [0.3, 0.4) is 0 Å². The lowest BCUT2D eigenvalue weighted by molar-refractivity contribution is -0.127. The molecule has 130 valence electrons. The maximum Gasteiger partial charge on any atom is 0.393 e. The van der Waals surface area contributed by atoms with Crippen molar-refractivity contribution in [3.63, 3.8) is 0 Å². The molecule has 0 radical (unpaired) electrons. The Hall–Kier alpha value is -1.86. The van der Waals surface area contributed by atoms with Crippen molar-refractivity contribution in [2.24, 2.45) is 0 Å². The molecule has 1 aromatic carbocycles. The Labute approximate surface area is 138 Å². The van der Waals surface area contributed by atoms with Gasteiger partial charge >= 0.3 is 6.18 Å². The van der Waals surface area contributed by atoms with Gasteiger partial charge in [-0.25, -0.2) is 4.98 Å². The van der Waals surface area contributed by atoms with E-state index in [2.05, 4.69) is 4.98 Å². The fourth-order valence-electron chi connectivity index (χ4n) is 3.01. The van der Waals surface area contributed by atoms with Crippen molar-refractivity contribution in [2.75, 3.05) is 19.8 Å². The van der Waals surface area contributed by atoms with Gasteiger partial charge in [0.15, 0.2) is 0 Å². The number of benzene rings is 1. The smallest absolute Gasteiger partial charge is 0.376 e. The van der Waals surface area contributed by atoms with Crippen molar-refractivity contribution in [1.29, 1.82) is 0 Å². The monoisotopic (exact) mass is 340 g/mol. The molecule has 2 atom stereocenters. The third-order valence-corrected chi connectivity index (χ3v) is 4.00. The largest absolute Gasteiger partial charge is 0.393 e. The van der Waals surface area contributed by atoms with Gasteiger partial charge in [-0.1, -0.05) is 18.2 Å². The minimum Gasteiger partial charge on any atom is -0.376 e. The van der Waals surface area contributed by atoms with Crippen LogP contribution in [0.2, 0.25) is 0 Å². The summed E-state index contributed by atoms with van der Waals surface area (Å²) >= 11 is 0. The lowest BCUT2D eigenvalue weighted by atomic mass is 10.1. The summed E-state index contributed by atoms with van der Waals surface area (Å²) in [5.41, 5.74) is 0.877. The van der Waals surface area contributed by atoms with Gasteiger partial charge in [0.05, 0.1) is 25.7 Å². The molecule has 0 N–H and O–H groups in total. The van der Waals surface area contributed by atoms with Crippen molar-refractivity contribution < 1.29 is 22.6 Å². The topological polar surface area (TPSA) is 36.3 Å². The van der Waals surface area contributed by atoms with Crippen molar-refractivity contribution in [3.05, 3.63) is 42.2 Å². The summed E-state index contributed by atoms with van der Waals surface area (Å²) < 4.78 is 51.0. The SMILES string of the molecule is CCO[C@H]1COC[C@@H]1n1ccnc1-c1cccc(CC(F)(F)F)c1. The molecule has 4 nitrogen and oxygen atoms in total. The maximum absolute atomic E-state index is 12.6. The van der Waals surface area contributed by atoms with Crippen LogP contribution in [0.25, 0.3) is 11.4 Å². The molecular formula is C17H19F3N2O2. The van der Waals surface area contributed by atoms with E-state index in [9.17, 15) is 13.2 Å². The number of nitrogens with zero attached hydrogens (tertiary/aromatic N) is 2. The van der Waals surface area contributed by atoms with Gasteiger partial charge in [0, 0.05) is 24.6 Å². The number of alkyl halides is 3. The van der Waals surface area contributed by atoms with Gasteiger partial charge in [-0.3, -0.25) is 0 Å². The molecular weight excluding hydrogens is 321 g/mol. The number of hydrogen-bond acceptors (Lipinski definition) is 3. The summed E-state index contributed by atoms with van der Waals surface area (Å²) in [5, 5.41) is 0. The lowest BCUT2D eigenvalue weighted by Gasteiger charge is -2.21. The van der Waals surface area contributed by atoms with E-state index in [1.807, 2.05) is 17.7 Å². The van der Waals surface area contributed by atoms with Crippen LogP contribution in [0.15, 0.2) is 36.7 Å². The van der Waals surface area contributed by atoms with E-state index in [1.54, 1.807) is 18.3 Å². The van der Waals surface area contributed by atoms with Crippen LogP contribution in [0.4, 0.5) is 13.2 Å². The van der Waals surface area contributed by atoms with Crippen LogP contribution in [0, 0.1) is 0 Å². The number of hydrogen-bond donors (Lipinski definition) is 0. The fourth-order valence-corrected chi connectivity index (χ4v) is 3.01. The first-order valence-corrected chi connectivity index (χ1v) is 7.86. The van der Waals surface area contributed by atoms with Crippen molar-refractivity contribution >= 4 is 0 Å². The summed E-state index contributed by atoms with van der Waals surface area (Å²) in [4.78, 5) is 4.33. The first kappa shape index (κ1) is 17.0. The van der Waals surface area contributed by atoms with E-state index < -0.39 is 12.6 Å². The molecule has 0 saturated carbocycles. The van der Waals surface area contributed by atoms with Crippen LogP contribution in [0.5, 0.6) is 0 Å². The van der Waals surface area contributed by atoms with Gasteiger partial charge < -0.3 is 14.0 Å². The third-order valence-electron chi connectivity index (χ3n) is 4.00. The Kier molecular flexibility index (Phi) is 4.91. The van der Waals surface area contributed by atoms with Crippen molar-refractivity contribution in [2.45, 2.75) is 31.7 Å². The number of halogens is 3. The molecule has 2 heterocycles. The summed E-state index contributed by atoms with van der Waals surface area (Å²) in [6.07, 6.45) is -1.80. The Morgan fingerprint density at radius 2 is 2.17 bits per heavy atom. The molecule has 1 fully saturated rings. The average Bonchev–Trinajstić information content (AvgIpc) is 3.14. The Bertz CT molecular complexity index is 684. The normalized spacial score (nSPS) is 21.3. The highest BCUT2D eigenvalue weighted by Crippen LogP contribution is 2.29. The molecule has 1 aliphatic rings. The van der Waals surface area contributed by atoms with Crippen LogP contribution in [0.1, 0.15) is 18.5 Å². The van der Waals surface area contributed by atoms with E-state index in [0.29, 0.717) is 31.2 Å². The molecule has 0 spiro atoms. The fraction of sp³-hybridized carbons (Fsp3) is 0.471. The summed E-state index contributed by atoms with van der Waals surface area (Å²) in [6.45, 7) is 3.50. The Morgan fingerprint density at radius 1 is 1.33 bits per heavy atom. The van der Waals surface area contributed by atoms with Crippen LogP contribution in [-0.2, 0) is 15.9 Å². The standard InChI is InChI=1S/C17H19F3N2O2/c1-2-24-15-11-23-10-14(15)22-7-6-21-16(22)13-5-3-4-12(8-13)9-17(18,19)20/h3-8,14-15H,2,9-11H2,1H3/t14-,15-/m0/s1. The second-order valence-electron chi connectivity index (χ2n) is 5.75. The molecule has 0 bridgehead atoms. The van der Waals surface area contributed by atoms with E-state index in [0.717, 1.165) is 0 Å². The first-order valence-electron chi connectivity index (χ1n) is 7.86. The molecule has 1 aromatic heterocycles. The van der Waals surface area contributed by atoms with Crippen LogP contribution < -0.4 is 0 Å². The number of rotatable bonds is 5. The Morgan fingerprint density at radius 3 is 2.92 bits per heavy atom. The van der Waals surface area contributed by atoms with Crippen molar-refractivity contribution in [3.8, 4) is 11.4 Å². The number of imidazole rings is 1. The van der Waals surface area contributed by atoms with Gasteiger partial charge in [0.2, 0.25) is 0 Å². The molecule has 7 heteroatoms. The minimum absolute atomic E-state index is 0.0336. The summed E-state index contributed by atoms with van der Waals surface area (Å²) in [5.74, 6) is 0.624. The van der Waals surface area contributed by atoms with Gasteiger partial charge in [-0.2, -0.15) is 13.2 Å².